The zero-order chi connectivity index (χ0) is 66.7. The fourth-order valence-corrected chi connectivity index (χ4v) is 16.4. The predicted molar refractivity (Wildman–Crippen MR) is 416 cm³/mol. The summed E-state index contributed by atoms with van der Waals surface area (Å²) in [6.07, 6.45) is 5.58. The van der Waals surface area contributed by atoms with Crippen molar-refractivity contribution in [3.63, 3.8) is 0 Å². The lowest BCUT2D eigenvalue weighted by Gasteiger charge is -2.11. The highest BCUT2D eigenvalue weighted by Crippen LogP contribution is 2.44. The summed E-state index contributed by atoms with van der Waals surface area (Å²) >= 11 is 0. The van der Waals surface area contributed by atoms with Gasteiger partial charge in [-0.15, -0.1) is 0 Å². The Kier molecular flexibility index (Phi) is 11.9. The Labute approximate surface area is 581 Å². The van der Waals surface area contributed by atoms with Gasteiger partial charge >= 0.3 is 0 Å². The van der Waals surface area contributed by atoms with Crippen molar-refractivity contribution in [3.8, 4) is 68.7 Å². The van der Waals surface area contributed by atoms with E-state index in [1.165, 1.54) is 32.3 Å². The number of para-hydroxylation sites is 6. The molecule has 0 saturated carbocycles. The van der Waals surface area contributed by atoms with Crippen LogP contribution in [0.1, 0.15) is 0 Å². The first-order chi connectivity index (χ1) is 50.6. The number of aromatic nitrogens is 12. The molecule has 10 heterocycles. The number of rotatable bonds is 9. The van der Waals surface area contributed by atoms with Crippen molar-refractivity contribution in [2.75, 3.05) is 0 Å². The fraction of sp³-hybridized carbons (Fsp3) is 0. The summed E-state index contributed by atoms with van der Waals surface area (Å²) in [5.74, 6) is 4.06. The summed E-state index contributed by atoms with van der Waals surface area (Å²) in [5, 5.41) is 13.5. The zero-order valence-corrected chi connectivity index (χ0v) is 54.5. The summed E-state index contributed by atoms with van der Waals surface area (Å²) < 4.78 is 13.9. The van der Waals surface area contributed by atoms with Gasteiger partial charge in [-0.2, -0.15) is 0 Å². The molecule has 0 bridgehead atoms. The molecule has 12 nitrogen and oxygen atoms in total. The van der Waals surface area contributed by atoms with E-state index in [1.54, 1.807) is 0 Å². The predicted octanol–water partition coefficient (Wildman–Crippen LogP) is 21.6. The van der Waals surface area contributed by atoms with Gasteiger partial charge in [-0.3, -0.25) is 13.7 Å². The Morgan fingerprint density at radius 3 is 0.627 bits per heavy atom. The molecule has 474 valence electrons. The standard InChI is InChI=1S/C90H54N12/c1-7-25-73-61(19-1)62-20-2-8-26-74(62)97(73)58-37-43-82-70(52-58)67-49-55(34-40-79(67)100(82)85-31-13-16-46-91-85)88-94-89(56-35-41-80-68(50-56)71-53-59(38-44-83(71)101(80)86-32-14-17-47-92-86)98-75-27-9-3-21-63(75)64-22-4-10-28-76(64)98)96-90(95-88)57-36-42-81-69(51-57)72-54-60(39-45-84(72)102(81)87-33-15-18-48-93-87)99-77-29-11-5-23-65(77)66-24-6-12-30-78(66)99/h1-54H. The molecule has 0 atom stereocenters. The molecule has 0 radical (unpaired) electrons. The van der Waals surface area contributed by atoms with E-state index in [0.29, 0.717) is 17.5 Å². The second kappa shape index (κ2) is 21.7. The van der Waals surface area contributed by atoms with E-state index in [9.17, 15) is 0 Å². The Balaban J connectivity index is 0.789. The first kappa shape index (κ1) is 56.0. The van der Waals surface area contributed by atoms with Crippen LogP contribution < -0.4 is 0 Å². The van der Waals surface area contributed by atoms with Crippen molar-refractivity contribution in [2.45, 2.75) is 0 Å². The zero-order valence-electron chi connectivity index (χ0n) is 54.5. The van der Waals surface area contributed by atoms with Crippen LogP contribution in [0.4, 0.5) is 0 Å². The Hall–Kier alpha value is -14.1. The lowest BCUT2D eigenvalue weighted by Crippen LogP contribution is -2.01. The highest BCUT2D eigenvalue weighted by atomic mass is 15.1. The van der Waals surface area contributed by atoms with E-state index in [-0.39, 0.29) is 0 Å². The summed E-state index contributed by atoms with van der Waals surface area (Å²) in [6.45, 7) is 0. The van der Waals surface area contributed by atoms with Gasteiger partial charge in [0.05, 0.1) is 66.2 Å². The van der Waals surface area contributed by atoms with Crippen LogP contribution in [0.3, 0.4) is 0 Å². The van der Waals surface area contributed by atoms with E-state index in [1.807, 2.05) is 55.0 Å². The molecule has 22 aromatic rings. The molecule has 0 saturated heterocycles. The van der Waals surface area contributed by atoms with Crippen LogP contribution in [0.15, 0.2) is 328 Å². The van der Waals surface area contributed by atoms with E-state index in [0.717, 1.165) is 150 Å². The third kappa shape index (κ3) is 8.25. The highest BCUT2D eigenvalue weighted by molar-refractivity contribution is 6.17. The molecule has 102 heavy (non-hydrogen) atoms. The average Bonchev–Trinajstić information content (AvgIpc) is 1.57. The SMILES string of the molecule is c1ccc(-n2c3ccc(-c4nc(-c5ccc6c(c5)c5cc(-n7c8ccccc8c8ccccc87)ccc5n6-c5ccccn5)nc(-c5ccc6c(c5)c5cc(-n7c8ccccc8c8ccccc87)ccc5n6-c5ccccn5)n4)cc3c3cc(-n4c5ccccc5c5ccccc54)ccc32)nc1. The van der Waals surface area contributed by atoms with Gasteiger partial charge in [-0.1, -0.05) is 127 Å². The molecule has 12 heteroatoms. The maximum Gasteiger partial charge on any atom is 0.164 e. The van der Waals surface area contributed by atoms with Gasteiger partial charge in [0.15, 0.2) is 17.5 Å². The molecule has 12 aromatic carbocycles. The van der Waals surface area contributed by atoms with Gasteiger partial charge in [0.1, 0.15) is 17.5 Å². The summed E-state index contributed by atoms with van der Waals surface area (Å²) in [5.41, 5.74) is 18.6. The van der Waals surface area contributed by atoms with Crippen LogP contribution in [0.5, 0.6) is 0 Å². The molecular formula is C90H54N12. The molecule has 0 fully saturated rings. The first-order valence-corrected chi connectivity index (χ1v) is 34.3. The third-order valence-electron chi connectivity index (χ3n) is 20.8. The minimum atomic E-state index is 0.531. The molecule has 0 N–H and O–H groups in total. The third-order valence-corrected chi connectivity index (χ3v) is 20.8. The van der Waals surface area contributed by atoms with Crippen LogP contribution >= 0.6 is 0 Å². The van der Waals surface area contributed by atoms with Gasteiger partial charge in [-0.25, -0.2) is 29.9 Å². The maximum absolute atomic E-state index is 5.62. The van der Waals surface area contributed by atoms with Crippen molar-refractivity contribution in [3.05, 3.63) is 328 Å². The second-order valence-corrected chi connectivity index (χ2v) is 26.3. The molecule has 22 rings (SSSR count). The molecule has 0 aliphatic carbocycles. The van der Waals surface area contributed by atoms with Crippen LogP contribution in [-0.4, -0.2) is 57.3 Å². The monoisotopic (exact) mass is 1300 g/mol. The van der Waals surface area contributed by atoms with E-state index < -0.39 is 0 Å². The van der Waals surface area contributed by atoms with Crippen molar-refractivity contribution < 1.29 is 0 Å². The van der Waals surface area contributed by atoms with Gasteiger partial charge < -0.3 is 13.7 Å². The Bertz CT molecular complexity index is 6400. The van der Waals surface area contributed by atoms with Crippen LogP contribution in [0.25, 0.3) is 200 Å². The van der Waals surface area contributed by atoms with Crippen molar-refractivity contribution >= 4 is 131 Å². The molecule has 10 aromatic heterocycles. The molecule has 0 aliphatic heterocycles. The molecule has 0 amide bonds. The van der Waals surface area contributed by atoms with Crippen LogP contribution in [0.2, 0.25) is 0 Å². The number of nitrogens with zero attached hydrogens (tertiary/aromatic N) is 12. The molecule has 0 aliphatic rings. The maximum atomic E-state index is 5.62. The number of hydrogen-bond donors (Lipinski definition) is 0. The highest BCUT2D eigenvalue weighted by Gasteiger charge is 2.25. The minimum Gasteiger partial charge on any atom is -0.309 e. The van der Waals surface area contributed by atoms with Crippen molar-refractivity contribution in [1.82, 2.24) is 57.3 Å². The van der Waals surface area contributed by atoms with Crippen molar-refractivity contribution in [2.24, 2.45) is 0 Å². The lowest BCUT2D eigenvalue weighted by atomic mass is 10.1. The quantitative estimate of drug-likeness (QED) is 0.142. The summed E-state index contributed by atoms with van der Waals surface area (Å²) in [6, 6.07) is 111. The Morgan fingerprint density at radius 2 is 0.382 bits per heavy atom. The molecular weight excluding hydrogens is 1250 g/mol. The molecule has 0 spiro atoms. The van der Waals surface area contributed by atoms with Gasteiger partial charge in [0.2, 0.25) is 0 Å². The van der Waals surface area contributed by atoms with Crippen LogP contribution in [0, 0.1) is 0 Å². The minimum absolute atomic E-state index is 0.531. The van der Waals surface area contributed by atoms with Gasteiger partial charge in [0, 0.05) is 117 Å². The van der Waals surface area contributed by atoms with Crippen LogP contribution in [-0.2, 0) is 0 Å². The number of benzene rings is 12. The van der Waals surface area contributed by atoms with E-state index in [4.69, 9.17) is 29.9 Å². The number of fused-ring (bicyclic) bond motifs is 18. The number of pyridine rings is 3. The first-order valence-electron chi connectivity index (χ1n) is 34.3. The fourth-order valence-electron chi connectivity index (χ4n) is 16.4. The second-order valence-electron chi connectivity index (χ2n) is 26.3. The smallest absolute Gasteiger partial charge is 0.164 e. The summed E-state index contributed by atoms with van der Waals surface area (Å²) in [4.78, 5) is 31.7. The van der Waals surface area contributed by atoms with Gasteiger partial charge in [0.25, 0.3) is 0 Å². The largest absolute Gasteiger partial charge is 0.309 e. The molecule has 0 unspecified atom stereocenters. The number of hydrogen-bond acceptors (Lipinski definition) is 6. The Morgan fingerprint density at radius 1 is 0.167 bits per heavy atom. The van der Waals surface area contributed by atoms with Crippen molar-refractivity contribution in [1.29, 1.82) is 0 Å². The topological polar surface area (TPSA) is 107 Å². The normalized spacial score (nSPS) is 12.1. The average molecular weight is 1300 g/mol. The summed E-state index contributed by atoms with van der Waals surface area (Å²) in [7, 11) is 0. The lowest BCUT2D eigenvalue weighted by molar-refractivity contribution is 1.07. The van der Waals surface area contributed by atoms with Gasteiger partial charge in [-0.05, 0) is 182 Å². The van der Waals surface area contributed by atoms with E-state index in [2.05, 4.69) is 300 Å². The van der Waals surface area contributed by atoms with E-state index >= 15 is 0 Å².